The van der Waals surface area contributed by atoms with Gasteiger partial charge in [-0.25, -0.2) is 5.01 Å². The van der Waals surface area contributed by atoms with Crippen molar-refractivity contribution in [2.45, 2.75) is 45.1 Å². The van der Waals surface area contributed by atoms with Crippen LogP contribution in [0, 0.1) is 5.92 Å². The summed E-state index contributed by atoms with van der Waals surface area (Å²) >= 11 is 0. The number of nitrogens with one attached hydrogen (secondary N) is 2. The van der Waals surface area contributed by atoms with Crippen molar-refractivity contribution < 1.29 is 4.79 Å². The molecule has 2 saturated heterocycles. The topological polar surface area (TPSA) is 44.4 Å². The molecule has 2 atom stereocenters. The molecule has 2 fully saturated rings. The van der Waals surface area contributed by atoms with Crippen LogP contribution in [0.4, 0.5) is 0 Å². The maximum atomic E-state index is 12.0. The first-order chi connectivity index (χ1) is 7.75. The average Bonchev–Trinajstić information content (AvgIpc) is 2.30. The molecule has 2 rings (SSSR count). The third kappa shape index (κ3) is 3.19. The Bertz CT molecular complexity index is 238. The highest BCUT2D eigenvalue weighted by molar-refractivity contribution is 5.78. The molecule has 0 radical (unpaired) electrons. The van der Waals surface area contributed by atoms with Crippen LogP contribution in [0.25, 0.3) is 0 Å². The Hall–Kier alpha value is -0.610. The Morgan fingerprint density at radius 2 is 2.06 bits per heavy atom. The van der Waals surface area contributed by atoms with Crippen molar-refractivity contribution in [1.29, 1.82) is 0 Å². The van der Waals surface area contributed by atoms with Crippen molar-refractivity contribution in [2.75, 3.05) is 19.6 Å². The molecule has 0 saturated carbocycles. The summed E-state index contributed by atoms with van der Waals surface area (Å²) in [5, 5.41) is 5.47. The van der Waals surface area contributed by atoms with Crippen LogP contribution in [0.1, 0.15) is 39.0 Å². The predicted molar refractivity (Wildman–Crippen MR) is 63.8 cm³/mol. The number of hydrogen-bond donors (Lipinski definition) is 2. The molecule has 2 heterocycles. The van der Waals surface area contributed by atoms with E-state index in [0.717, 1.165) is 32.5 Å². The quantitative estimate of drug-likeness (QED) is 0.733. The Morgan fingerprint density at radius 1 is 1.31 bits per heavy atom. The highest BCUT2D eigenvalue weighted by Gasteiger charge is 2.26. The molecule has 0 aromatic rings. The molecular formula is C12H23N3O. The monoisotopic (exact) mass is 225 g/mol. The summed E-state index contributed by atoms with van der Waals surface area (Å²) in [6, 6.07) is 0.478. The normalized spacial score (nSPS) is 32.3. The van der Waals surface area contributed by atoms with Gasteiger partial charge in [0.15, 0.2) is 0 Å². The van der Waals surface area contributed by atoms with Crippen molar-refractivity contribution in [3.05, 3.63) is 0 Å². The number of hydrogen-bond acceptors (Lipinski definition) is 3. The van der Waals surface area contributed by atoms with Crippen LogP contribution in [-0.2, 0) is 4.79 Å². The van der Waals surface area contributed by atoms with E-state index in [1.807, 2.05) is 0 Å². The predicted octanol–water partition coefficient (Wildman–Crippen LogP) is 0.892. The van der Waals surface area contributed by atoms with Crippen LogP contribution in [0.2, 0.25) is 0 Å². The maximum Gasteiger partial charge on any atom is 0.237 e. The van der Waals surface area contributed by atoms with E-state index in [1.165, 1.54) is 19.3 Å². The Labute approximate surface area is 97.7 Å². The number of rotatable bonds is 2. The lowest BCUT2D eigenvalue weighted by molar-refractivity contribution is -0.131. The lowest BCUT2D eigenvalue weighted by Crippen LogP contribution is -2.50. The Morgan fingerprint density at radius 3 is 2.75 bits per heavy atom. The van der Waals surface area contributed by atoms with Gasteiger partial charge in [-0.1, -0.05) is 6.42 Å². The number of nitrogens with zero attached hydrogens (tertiary/aromatic N) is 1. The van der Waals surface area contributed by atoms with Gasteiger partial charge in [0.25, 0.3) is 0 Å². The lowest BCUT2D eigenvalue weighted by atomic mass is 9.93. The van der Waals surface area contributed by atoms with E-state index in [4.69, 9.17) is 0 Å². The van der Waals surface area contributed by atoms with Gasteiger partial charge in [-0.2, -0.15) is 0 Å². The number of amides is 1. The minimum Gasteiger partial charge on any atom is -0.314 e. The molecule has 2 unspecified atom stereocenters. The molecule has 2 aliphatic heterocycles. The molecule has 0 aliphatic carbocycles. The first-order valence-electron chi connectivity index (χ1n) is 6.54. The number of hydrazine groups is 1. The van der Waals surface area contributed by atoms with Crippen molar-refractivity contribution in [3.8, 4) is 0 Å². The Balaban J connectivity index is 1.77. The smallest absolute Gasteiger partial charge is 0.237 e. The zero-order chi connectivity index (χ0) is 11.4. The number of carbonyl (C=O) groups excluding carboxylic acids is 1. The average molecular weight is 225 g/mol. The molecule has 92 valence electrons. The molecule has 2 aliphatic rings. The van der Waals surface area contributed by atoms with Gasteiger partial charge in [-0.05, 0) is 39.2 Å². The summed E-state index contributed by atoms with van der Waals surface area (Å²) in [5.74, 6) is 0.438. The van der Waals surface area contributed by atoms with Crippen LogP contribution in [0.15, 0.2) is 0 Å². The summed E-state index contributed by atoms with van der Waals surface area (Å²) < 4.78 is 0. The zero-order valence-corrected chi connectivity index (χ0v) is 10.2. The second kappa shape index (κ2) is 5.64. The maximum absolute atomic E-state index is 12.0. The van der Waals surface area contributed by atoms with Crippen molar-refractivity contribution >= 4 is 5.91 Å². The second-order valence-electron chi connectivity index (χ2n) is 5.10. The van der Waals surface area contributed by atoms with Crippen LogP contribution in [0.3, 0.4) is 0 Å². The first kappa shape index (κ1) is 11.9. The minimum atomic E-state index is 0.207. The first-order valence-corrected chi connectivity index (χ1v) is 6.54. The fraction of sp³-hybridized carbons (Fsp3) is 0.917. The van der Waals surface area contributed by atoms with Crippen LogP contribution in [0.5, 0.6) is 0 Å². The molecule has 16 heavy (non-hydrogen) atoms. The van der Waals surface area contributed by atoms with Crippen molar-refractivity contribution in [2.24, 2.45) is 5.92 Å². The largest absolute Gasteiger partial charge is 0.314 e. The van der Waals surface area contributed by atoms with Crippen molar-refractivity contribution in [1.82, 2.24) is 15.8 Å². The van der Waals surface area contributed by atoms with Gasteiger partial charge >= 0.3 is 0 Å². The number of carbonyl (C=O) groups is 1. The fourth-order valence-corrected chi connectivity index (χ4v) is 2.62. The third-order valence-corrected chi connectivity index (χ3v) is 3.62. The molecule has 0 spiro atoms. The minimum absolute atomic E-state index is 0.207. The van der Waals surface area contributed by atoms with E-state index in [-0.39, 0.29) is 11.8 Å². The van der Waals surface area contributed by atoms with Gasteiger partial charge in [0.1, 0.15) is 0 Å². The van der Waals surface area contributed by atoms with E-state index < -0.39 is 0 Å². The zero-order valence-electron chi connectivity index (χ0n) is 10.2. The molecule has 2 N–H and O–H groups in total. The van der Waals surface area contributed by atoms with E-state index in [9.17, 15) is 4.79 Å². The van der Waals surface area contributed by atoms with Gasteiger partial charge in [0.05, 0.1) is 0 Å². The number of piperidine rings is 2. The SMILES string of the molecule is CC1CC(C(=O)NN2CCCCC2)CCN1. The summed E-state index contributed by atoms with van der Waals surface area (Å²) in [6.45, 7) is 5.16. The van der Waals surface area contributed by atoms with E-state index >= 15 is 0 Å². The molecule has 0 bridgehead atoms. The summed E-state index contributed by atoms with van der Waals surface area (Å²) in [4.78, 5) is 12.0. The Kier molecular flexibility index (Phi) is 4.18. The third-order valence-electron chi connectivity index (χ3n) is 3.62. The highest BCUT2D eigenvalue weighted by atomic mass is 16.2. The summed E-state index contributed by atoms with van der Waals surface area (Å²) in [6.07, 6.45) is 5.67. The van der Waals surface area contributed by atoms with Crippen molar-refractivity contribution in [3.63, 3.8) is 0 Å². The van der Waals surface area contributed by atoms with Crippen LogP contribution >= 0.6 is 0 Å². The molecule has 4 nitrogen and oxygen atoms in total. The van der Waals surface area contributed by atoms with Crippen LogP contribution in [-0.4, -0.2) is 36.6 Å². The fourth-order valence-electron chi connectivity index (χ4n) is 2.62. The van der Waals surface area contributed by atoms with Gasteiger partial charge < -0.3 is 5.32 Å². The highest BCUT2D eigenvalue weighted by Crippen LogP contribution is 2.16. The lowest BCUT2D eigenvalue weighted by Gasteiger charge is -2.31. The van der Waals surface area contributed by atoms with Gasteiger partial charge in [-0.3, -0.25) is 10.2 Å². The standard InChI is InChI=1S/C12H23N3O/c1-10-9-11(5-6-13-10)12(16)14-15-7-3-2-4-8-15/h10-11,13H,2-9H2,1H3,(H,14,16). The molecule has 1 amide bonds. The van der Waals surface area contributed by atoms with Gasteiger partial charge in [-0.15, -0.1) is 0 Å². The summed E-state index contributed by atoms with van der Waals surface area (Å²) in [7, 11) is 0. The van der Waals surface area contributed by atoms with E-state index in [0.29, 0.717) is 6.04 Å². The molecular weight excluding hydrogens is 202 g/mol. The second-order valence-corrected chi connectivity index (χ2v) is 5.10. The van der Waals surface area contributed by atoms with Crippen LogP contribution < -0.4 is 10.7 Å². The summed E-state index contributed by atoms with van der Waals surface area (Å²) in [5.41, 5.74) is 3.08. The van der Waals surface area contributed by atoms with Gasteiger partial charge in [0.2, 0.25) is 5.91 Å². The van der Waals surface area contributed by atoms with E-state index in [2.05, 4.69) is 22.7 Å². The molecule has 4 heteroatoms. The molecule has 0 aromatic heterocycles. The van der Waals surface area contributed by atoms with Gasteiger partial charge in [0, 0.05) is 25.0 Å². The molecule has 0 aromatic carbocycles. The van der Waals surface area contributed by atoms with E-state index in [1.54, 1.807) is 0 Å².